The Hall–Kier alpha value is -3.10. The molecule has 30 heavy (non-hydrogen) atoms. The van der Waals surface area contributed by atoms with Crippen LogP contribution in [0.3, 0.4) is 0 Å². The van der Waals surface area contributed by atoms with E-state index in [0.29, 0.717) is 0 Å². The van der Waals surface area contributed by atoms with E-state index in [1.54, 1.807) is 6.92 Å². The fraction of sp³-hybridized carbons (Fsp3) is 0.381. The number of allylic oxidation sites excluding steroid dienone is 1. The molecule has 1 aromatic carbocycles. The third-order valence-electron chi connectivity index (χ3n) is 4.61. The Balaban J connectivity index is 2.59. The van der Waals surface area contributed by atoms with Crippen LogP contribution in [-0.2, 0) is 30.0 Å². The molecule has 2 rings (SSSR count). The second-order valence-electron chi connectivity index (χ2n) is 6.51. The lowest BCUT2D eigenvalue weighted by atomic mass is 9.81. The van der Waals surface area contributed by atoms with Gasteiger partial charge in [-0.15, -0.1) is 0 Å². The smallest absolute Gasteiger partial charge is 0.416 e. The summed E-state index contributed by atoms with van der Waals surface area (Å²) in [5, 5.41) is 0. The molecule has 1 heterocycles. The van der Waals surface area contributed by atoms with E-state index < -0.39 is 48.5 Å². The van der Waals surface area contributed by atoms with Gasteiger partial charge in [0.25, 0.3) is 0 Å². The second-order valence-corrected chi connectivity index (χ2v) is 6.51. The van der Waals surface area contributed by atoms with Crippen molar-refractivity contribution in [3.05, 3.63) is 59.3 Å². The number of rotatable bonds is 7. The summed E-state index contributed by atoms with van der Waals surface area (Å²) in [6, 6.07) is 4.76. The first-order valence-corrected chi connectivity index (χ1v) is 9.22. The average Bonchev–Trinajstić information content (AvgIpc) is 2.68. The molecule has 6 nitrogen and oxygen atoms in total. The molecule has 1 amide bonds. The highest BCUT2D eigenvalue weighted by Gasteiger charge is 2.42. The summed E-state index contributed by atoms with van der Waals surface area (Å²) in [4.78, 5) is 38.3. The summed E-state index contributed by atoms with van der Waals surface area (Å²) >= 11 is 0. The van der Waals surface area contributed by atoms with Gasteiger partial charge in [0.1, 0.15) is 13.2 Å². The van der Waals surface area contributed by atoms with Crippen LogP contribution in [0.2, 0.25) is 0 Å². The van der Waals surface area contributed by atoms with Crippen LogP contribution in [0.15, 0.2) is 48.2 Å². The monoisotopic (exact) mass is 425 g/mol. The fourth-order valence-electron chi connectivity index (χ4n) is 3.34. The zero-order chi connectivity index (χ0) is 22.5. The summed E-state index contributed by atoms with van der Waals surface area (Å²) in [6.45, 7) is 5.92. The molecule has 1 atom stereocenters. The predicted octanol–water partition coefficient (Wildman–Crippen LogP) is 3.59. The molecular formula is C21H22F3NO5. The molecule has 0 spiro atoms. The molecule has 1 aromatic rings. The molecule has 162 valence electrons. The highest BCUT2D eigenvalue weighted by Crippen LogP contribution is 2.42. The van der Waals surface area contributed by atoms with E-state index in [0.717, 1.165) is 11.0 Å². The lowest BCUT2D eigenvalue weighted by molar-refractivity contribution is -0.149. The van der Waals surface area contributed by atoms with Crippen molar-refractivity contribution in [2.45, 2.75) is 32.4 Å². The molecular weight excluding hydrogens is 403 g/mol. The summed E-state index contributed by atoms with van der Waals surface area (Å²) in [5.41, 5.74) is -1.21. The maximum Gasteiger partial charge on any atom is 0.416 e. The number of alkyl halides is 3. The topological polar surface area (TPSA) is 72.9 Å². The number of hydrogen-bond donors (Lipinski definition) is 0. The molecule has 0 fully saturated rings. The van der Waals surface area contributed by atoms with Gasteiger partial charge in [-0.1, -0.05) is 30.9 Å². The lowest BCUT2D eigenvalue weighted by Gasteiger charge is -2.34. The third-order valence-corrected chi connectivity index (χ3v) is 4.61. The summed E-state index contributed by atoms with van der Waals surface area (Å²) in [7, 11) is 0. The summed E-state index contributed by atoms with van der Waals surface area (Å²) in [5.74, 6) is -3.34. The summed E-state index contributed by atoms with van der Waals surface area (Å²) in [6.07, 6.45) is -3.79. The van der Waals surface area contributed by atoms with Crippen molar-refractivity contribution < 1.29 is 37.0 Å². The van der Waals surface area contributed by atoms with E-state index in [1.165, 1.54) is 31.2 Å². The Morgan fingerprint density at radius 2 is 1.93 bits per heavy atom. The lowest BCUT2D eigenvalue weighted by Crippen LogP contribution is -2.41. The molecule has 1 aliphatic heterocycles. The normalized spacial score (nSPS) is 17.0. The van der Waals surface area contributed by atoms with E-state index in [4.69, 9.17) is 9.47 Å². The number of halogens is 3. The van der Waals surface area contributed by atoms with Crippen molar-refractivity contribution in [1.29, 1.82) is 0 Å². The van der Waals surface area contributed by atoms with Crippen LogP contribution in [0.1, 0.15) is 37.3 Å². The van der Waals surface area contributed by atoms with Gasteiger partial charge in [-0.05, 0) is 25.5 Å². The summed E-state index contributed by atoms with van der Waals surface area (Å²) < 4.78 is 50.6. The van der Waals surface area contributed by atoms with Crippen LogP contribution in [-0.4, -0.2) is 42.5 Å². The Morgan fingerprint density at radius 1 is 1.27 bits per heavy atom. The number of ether oxygens (including phenoxy) is 2. The second kappa shape index (κ2) is 9.60. The molecule has 1 aliphatic rings. The van der Waals surface area contributed by atoms with Crippen molar-refractivity contribution >= 4 is 17.8 Å². The minimum Gasteiger partial charge on any atom is -0.465 e. The Bertz CT molecular complexity index is 876. The van der Waals surface area contributed by atoms with Crippen molar-refractivity contribution in [3.8, 4) is 0 Å². The first kappa shape index (κ1) is 23.2. The minimum absolute atomic E-state index is 0.0512. The van der Waals surface area contributed by atoms with Crippen molar-refractivity contribution in [3.63, 3.8) is 0 Å². The number of carbonyl (C=O) groups is 3. The largest absolute Gasteiger partial charge is 0.465 e. The Kier molecular flexibility index (Phi) is 7.42. The van der Waals surface area contributed by atoms with Crippen LogP contribution >= 0.6 is 0 Å². The molecule has 0 N–H and O–H groups in total. The number of hydrogen-bond acceptors (Lipinski definition) is 5. The number of esters is 2. The van der Waals surface area contributed by atoms with E-state index in [2.05, 4.69) is 6.58 Å². The Labute approximate surface area is 171 Å². The molecule has 0 saturated heterocycles. The van der Waals surface area contributed by atoms with Crippen molar-refractivity contribution in [2.75, 3.05) is 19.8 Å². The maximum absolute atomic E-state index is 13.6. The van der Waals surface area contributed by atoms with Crippen molar-refractivity contribution in [2.24, 2.45) is 0 Å². The van der Waals surface area contributed by atoms with E-state index >= 15 is 0 Å². The quantitative estimate of drug-likeness (QED) is 0.493. The maximum atomic E-state index is 13.6. The predicted molar refractivity (Wildman–Crippen MR) is 101 cm³/mol. The molecule has 0 aliphatic carbocycles. The van der Waals surface area contributed by atoms with Gasteiger partial charge in [0.2, 0.25) is 5.91 Å². The SMILES string of the molecule is C=CCOC(=O)C1=C(C)N(CC(=O)OCC)C(=O)CC1c1ccccc1C(F)(F)F. The number of nitrogens with zero attached hydrogens (tertiary/aromatic N) is 1. The zero-order valence-electron chi connectivity index (χ0n) is 16.6. The zero-order valence-corrected chi connectivity index (χ0v) is 16.6. The highest BCUT2D eigenvalue weighted by molar-refractivity contribution is 5.97. The Morgan fingerprint density at radius 3 is 2.53 bits per heavy atom. The third kappa shape index (κ3) is 5.08. The number of benzene rings is 1. The van der Waals surface area contributed by atoms with Gasteiger partial charge in [-0.2, -0.15) is 13.2 Å². The minimum atomic E-state index is -4.67. The van der Waals surface area contributed by atoms with E-state index in [9.17, 15) is 27.6 Å². The van der Waals surface area contributed by atoms with E-state index in [1.807, 2.05) is 0 Å². The van der Waals surface area contributed by atoms with Crippen LogP contribution in [0.5, 0.6) is 0 Å². The molecule has 0 radical (unpaired) electrons. The number of carbonyl (C=O) groups excluding carboxylic acids is 3. The van der Waals surface area contributed by atoms with Crippen LogP contribution in [0.25, 0.3) is 0 Å². The standard InChI is InChI=1S/C21H22F3NO5/c1-4-10-30-20(28)19-13(3)25(12-18(27)29-5-2)17(26)11-15(19)14-8-6-7-9-16(14)21(22,23)24/h4,6-9,15H,1,5,10-12H2,2-3H3. The number of amides is 1. The molecule has 0 saturated carbocycles. The van der Waals surface area contributed by atoms with Gasteiger partial charge in [0.15, 0.2) is 0 Å². The van der Waals surface area contributed by atoms with Crippen molar-refractivity contribution in [1.82, 2.24) is 4.90 Å². The van der Waals surface area contributed by atoms with E-state index in [-0.39, 0.29) is 30.0 Å². The van der Waals surface area contributed by atoms with Gasteiger partial charge in [0.05, 0.1) is 17.7 Å². The van der Waals surface area contributed by atoms with Crippen LogP contribution in [0.4, 0.5) is 13.2 Å². The van der Waals surface area contributed by atoms with Gasteiger partial charge in [0, 0.05) is 18.0 Å². The van der Waals surface area contributed by atoms with Gasteiger partial charge < -0.3 is 14.4 Å². The molecule has 0 bridgehead atoms. The first-order chi connectivity index (χ1) is 14.1. The highest BCUT2D eigenvalue weighted by atomic mass is 19.4. The van der Waals surface area contributed by atoms with Crippen LogP contribution in [0, 0.1) is 0 Å². The molecule has 1 unspecified atom stereocenters. The fourth-order valence-corrected chi connectivity index (χ4v) is 3.34. The van der Waals surface area contributed by atoms with Crippen LogP contribution < -0.4 is 0 Å². The first-order valence-electron chi connectivity index (χ1n) is 9.22. The van der Waals surface area contributed by atoms with Gasteiger partial charge in [-0.3, -0.25) is 9.59 Å². The molecule has 0 aromatic heterocycles. The van der Waals surface area contributed by atoms with Gasteiger partial charge in [-0.25, -0.2) is 4.79 Å². The average molecular weight is 425 g/mol. The van der Waals surface area contributed by atoms with Gasteiger partial charge >= 0.3 is 18.1 Å². The molecule has 9 heteroatoms.